The van der Waals surface area contributed by atoms with E-state index in [1.165, 1.54) is 11.8 Å². The molecule has 9 heteroatoms. The van der Waals surface area contributed by atoms with Crippen LogP contribution in [0, 0.1) is 0 Å². The Morgan fingerprint density at radius 3 is 2.92 bits per heavy atom. The maximum absolute atomic E-state index is 12.2. The van der Waals surface area contributed by atoms with Gasteiger partial charge in [0.05, 0.1) is 30.5 Å². The number of anilines is 1. The zero-order chi connectivity index (χ0) is 17.6. The number of thiophene rings is 1. The minimum atomic E-state index is -0.170. The second-order valence-electron chi connectivity index (χ2n) is 4.85. The van der Waals surface area contributed by atoms with E-state index < -0.39 is 0 Å². The molecule has 0 unspecified atom stereocenters. The van der Waals surface area contributed by atoms with Crippen molar-refractivity contribution in [3.63, 3.8) is 0 Å². The lowest BCUT2D eigenvalue weighted by Gasteiger charge is -2.11. The van der Waals surface area contributed by atoms with E-state index in [-0.39, 0.29) is 11.7 Å². The lowest BCUT2D eigenvalue weighted by Crippen LogP contribution is -2.14. The third-order valence-electron chi connectivity index (χ3n) is 3.23. The van der Waals surface area contributed by atoms with Crippen molar-refractivity contribution >= 4 is 34.7 Å². The third kappa shape index (κ3) is 4.31. The van der Waals surface area contributed by atoms with Crippen molar-refractivity contribution < 1.29 is 14.3 Å². The first-order valence-corrected chi connectivity index (χ1v) is 9.17. The molecule has 2 heterocycles. The van der Waals surface area contributed by atoms with E-state index in [1.807, 2.05) is 17.5 Å². The van der Waals surface area contributed by atoms with Gasteiger partial charge in [0, 0.05) is 6.07 Å². The molecule has 0 spiro atoms. The van der Waals surface area contributed by atoms with Crippen molar-refractivity contribution in [2.75, 3.05) is 25.3 Å². The van der Waals surface area contributed by atoms with Gasteiger partial charge in [0.1, 0.15) is 11.5 Å². The van der Waals surface area contributed by atoms with Gasteiger partial charge in [-0.3, -0.25) is 9.89 Å². The highest BCUT2D eigenvalue weighted by Crippen LogP contribution is 2.29. The fourth-order valence-electron chi connectivity index (χ4n) is 2.05. The van der Waals surface area contributed by atoms with E-state index in [4.69, 9.17) is 9.47 Å². The topological polar surface area (TPSA) is 89.1 Å². The summed E-state index contributed by atoms with van der Waals surface area (Å²) in [7, 11) is 3.12. The quantitative estimate of drug-likeness (QED) is 0.615. The highest BCUT2D eigenvalue weighted by molar-refractivity contribution is 7.99. The fourth-order valence-corrected chi connectivity index (χ4v) is 3.31. The maximum Gasteiger partial charge on any atom is 0.234 e. The average molecular weight is 376 g/mol. The smallest absolute Gasteiger partial charge is 0.234 e. The molecule has 3 aromatic rings. The summed E-state index contributed by atoms with van der Waals surface area (Å²) in [6, 6.07) is 9.12. The molecule has 2 aromatic heterocycles. The van der Waals surface area contributed by atoms with Gasteiger partial charge in [-0.05, 0) is 23.6 Å². The summed E-state index contributed by atoms with van der Waals surface area (Å²) in [6.07, 6.45) is 0. The fraction of sp³-hybridized carbons (Fsp3) is 0.188. The van der Waals surface area contributed by atoms with Gasteiger partial charge in [-0.25, -0.2) is 4.98 Å². The number of nitrogens with one attached hydrogen (secondary N) is 2. The number of thioether (sulfide) groups is 1. The van der Waals surface area contributed by atoms with Gasteiger partial charge in [-0.15, -0.1) is 16.4 Å². The highest BCUT2D eigenvalue weighted by atomic mass is 32.2. The van der Waals surface area contributed by atoms with Crippen LogP contribution in [0.1, 0.15) is 0 Å². The summed E-state index contributed by atoms with van der Waals surface area (Å²) < 4.78 is 10.4. The Bertz CT molecular complexity index is 849. The number of hydrogen-bond donors (Lipinski definition) is 2. The number of nitrogens with zero attached hydrogens (tertiary/aromatic N) is 2. The molecule has 0 radical (unpaired) electrons. The van der Waals surface area contributed by atoms with Crippen LogP contribution in [-0.4, -0.2) is 41.1 Å². The largest absolute Gasteiger partial charge is 0.497 e. The second-order valence-corrected chi connectivity index (χ2v) is 6.74. The molecule has 0 atom stereocenters. The molecule has 0 fully saturated rings. The molecule has 0 saturated heterocycles. The van der Waals surface area contributed by atoms with E-state index in [1.54, 1.807) is 43.8 Å². The molecule has 25 heavy (non-hydrogen) atoms. The van der Waals surface area contributed by atoms with Crippen molar-refractivity contribution in [3.8, 4) is 22.2 Å². The predicted octanol–water partition coefficient (Wildman–Crippen LogP) is 3.28. The maximum atomic E-state index is 12.2. The number of carbonyl (C=O) groups excluding carboxylic acids is 1. The SMILES string of the molecule is COc1ccc(NC(=O)CSc2n[nH]c(-c3cccs3)n2)c(OC)c1. The van der Waals surface area contributed by atoms with Gasteiger partial charge in [0.25, 0.3) is 0 Å². The van der Waals surface area contributed by atoms with Crippen LogP contribution in [-0.2, 0) is 4.79 Å². The molecule has 1 aromatic carbocycles. The molecule has 1 amide bonds. The Balaban J connectivity index is 1.58. The zero-order valence-corrected chi connectivity index (χ0v) is 15.2. The standard InChI is InChI=1S/C16H16N4O3S2/c1-22-10-5-6-11(12(8-10)23-2)17-14(21)9-25-16-18-15(19-20-16)13-4-3-7-24-13/h3-8H,9H2,1-2H3,(H,17,21)(H,18,19,20). The molecule has 0 aliphatic carbocycles. The minimum Gasteiger partial charge on any atom is -0.497 e. The summed E-state index contributed by atoms with van der Waals surface area (Å²) in [6.45, 7) is 0. The zero-order valence-electron chi connectivity index (χ0n) is 13.6. The second kappa shape index (κ2) is 8.04. The summed E-state index contributed by atoms with van der Waals surface area (Å²) in [5.41, 5.74) is 0.586. The Morgan fingerprint density at radius 1 is 1.32 bits per heavy atom. The first-order valence-electron chi connectivity index (χ1n) is 7.30. The van der Waals surface area contributed by atoms with E-state index >= 15 is 0 Å². The van der Waals surface area contributed by atoms with Gasteiger partial charge in [-0.1, -0.05) is 17.8 Å². The van der Waals surface area contributed by atoms with Crippen molar-refractivity contribution in [1.82, 2.24) is 15.2 Å². The number of hydrogen-bond acceptors (Lipinski definition) is 7. The molecule has 130 valence electrons. The van der Waals surface area contributed by atoms with Gasteiger partial charge >= 0.3 is 0 Å². The monoisotopic (exact) mass is 376 g/mol. The average Bonchev–Trinajstić information content (AvgIpc) is 3.31. The molecule has 3 rings (SSSR count). The molecular weight excluding hydrogens is 360 g/mol. The molecule has 0 bridgehead atoms. The number of H-pyrrole nitrogens is 1. The summed E-state index contributed by atoms with van der Waals surface area (Å²) in [4.78, 5) is 17.5. The van der Waals surface area contributed by atoms with E-state index in [9.17, 15) is 4.79 Å². The Morgan fingerprint density at radius 2 is 2.20 bits per heavy atom. The van der Waals surface area contributed by atoms with Crippen LogP contribution in [0.3, 0.4) is 0 Å². The van der Waals surface area contributed by atoms with E-state index in [0.717, 1.165) is 4.88 Å². The Kier molecular flexibility index (Phi) is 5.56. The molecule has 7 nitrogen and oxygen atoms in total. The number of benzene rings is 1. The normalized spacial score (nSPS) is 10.5. The van der Waals surface area contributed by atoms with Crippen molar-refractivity contribution in [1.29, 1.82) is 0 Å². The number of methoxy groups -OCH3 is 2. The van der Waals surface area contributed by atoms with Crippen LogP contribution >= 0.6 is 23.1 Å². The van der Waals surface area contributed by atoms with Crippen LogP contribution in [0.15, 0.2) is 40.9 Å². The van der Waals surface area contributed by atoms with Crippen LogP contribution in [0.5, 0.6) is 11.5 Å². The van der Waals surface area contributed by atoms with E-state index in [2.05, 4.69) is 20.5 Å². The van der Waals surface area contributed by atoms with Crippen LogP contribution < -0.4 is 14.8 Å². The number of amides is 1. The number of aromatic amines is 1. The lowest BCUT2D eigenvalue weighted by molar-refractivity contribution is -0.113. The molecule has 0 saturated carbocycles. The number of aromatic nitrogens is 3. The molecular formula is C16H16N4O3S2. The van der Waals surface area contributed by atoms with Crippen molar-refractivity contribution in [2.45, 2.75) is 5.16 Å². The highest BCUT2D eigenvalue weighted by Gasteiger charge is 2.12. The predicted molar refractivity (Wildman–Crippen MR) is 98.6 cm³/mol. The Labute approximate surface area is 152 Å². The number of carbonyl (C=O) groups is 1. The number of ether oxygens (including phenoxy) is 2. The first-order chi connectivity index (χ1) is 12.2. The van der Waals surface area contributed by atoms with Gasteiger partial charge in [-0.2, -0.15) is 0 Å². The molecule has 0 aliphatic heterocycles. The van der Waals surface area contributed by atoms with Crippen molar-refractivity contribution in [3.05, 3.63) is 35.7 Å². The minimum absolute atomic E-state index is 0.170. The summed E-state index contributed by atoms with van der Waals surface area (Å²) in [5.74, 6) is 1.92. The van der Waals surface area contributed by atoms with Crippen molar-refractivity contribution in [2.24, 2.45) is 0 Å². The van der Waals surface area contributed by atoms with Crippen LogP contribution in [0.2, 0.25) is 0 Å². The van der Waals surface area contributed by atoms with E-state index in [0.29, 0.717) is 28.2 Å². The first kappa shape index (κ1) is 17.3. The summed E-state index contributed by atoms with van der Waals surface area (Å²) in [5, 5.41) is 12.3. The third-order valence-corrected chi connectivity index (χ3v) is 4.96. The molecule has 0 aliphatic rings. The molecule has 2 N–H and O–H groups in total. The lowest BCUT2D eigenvalue weighted by atomic mass is 10.2. The van der Waals surface area contributed by atoms with Gasteiger partial charge < -0.3 is 14.8 Å². The van der Waals surface area contributed by atoms with Gasteiger partial charge in [0.15, 0.2) is 5.82 Å². The van der Waals surface area contributed by atoms with Crippen LogP contribution in [0.25, 0.3) is 10.7 Å². The van der Waals surface area contributed by atoms with Gasteiger partial charge in [0.2, 0.25) is 11.1 Å². The summed E-state index contributed by atoms with van der Waals surface area (Å²) >= 11 is 2.84. The Hall–Kier alpha value is -2.52. The van der Waals surface area contributed by atoms with Crippen LogP contribution in [0.4, 0.5) is 5.69 Å². The number of rotatable bonds is 7.